The molecule has 1 aromatic carbocycles. The second kappa shape index (κ2) is 7.22. The number of aryl methyl sites for hydroxylation is 2. The summed E-state index contributed by atoms with van der Waals surface area (Å²) in [7, 11) is 0. The highest BCUT2D eigenvalue weighted by Crippen LogP contribution is 2.53. The largest absolute Gasteiger partial charge is 0.488 e. The van der Waals surface area contributed by atoms with E-state index < -0.39 is 5.91 Å². The van der Waals surface area contributed by atoms with Gasteiger partial charge in [0.1, 0.15) is 23.7 Å². The van der Waals surface area contributed by atoms with Crippen molar-refractivity contribution in [3.05, 3.63) is 45.1 Å². The molecule has 1 aliphatic carbocycles. The first-order valence-corrected chi connectivity index (χ1v) is 10.3. The molecule has 0 spiro atoms. The quantitative estimate of drug-likeness (QED) is 0.625. The third-order valence-electron chi connectivity index (χ3n) is 5.88. The molecule has 0 saturated heterocycles. The molecule has 0 unspecified atom stereocenters. The minimum absolute atomic E-state index is 0.0759. The fraction of sp³-hybridized carbons (Fsp3) is 0.429. The minimum atomic E-state index is -0.508. The van der Waals surface area contributed by atoms with Gasteiger partial charge in [-0.1, -0.05) is 6.42 Å². The second-order valence-corrected chi connectivity index (χ2v) is 8.41. The van der Waals surface area contributed by atoms with Gasteiger partial charge in [0.25, 0.3) is 5.91 Å². The van der Waals surface area contributed by atoms with Gasteiger partial charge in [-0.05, 0) is 45.2 Å². The number of amides is 1. The molecule has 7 heteroatoms. The van der Waals surface area contributed by atoms with Crippen LogP contribution in [0.5, 0.6) is 5.75 Å². The summed E-state index contributed by atoms with van der Waals surface area (Å²) < 4.78 is 12.1. The highest BCUT2D eigenvalue weighted by Gasteiger charge is 2.43. The monoisotopic (exact) mass is 400 g/mol. The number of aliphatic hydroxyl groups is 1. The molecule has 2 heterocycles. The Morgan fingerprint density at radius 3 is 2.75 bits per heavy atom. The van der Waals surface area contributed by atoms with Crippen LogP contribution in [-0.4, -0.2) is 22.6 Å². The van der Waals surface area contributed by atoms with Crippen molar-refractivity contribution in [3.63, 3.8) is 0 Å². The van der Waals surface area contributed by atoms with Crippen molar-refractivity contribution in [1.82, 2.24) is 4.98 Å². The summed E-state index contributed by atoms with van der Waals surface area (Å²) in [5.74, 6) is 0.723. The van der Waals surface area contributed by atoms with E-state index in [1.54, 1.807) is 18.3 Å². The van der Waals surface area contributed by atoms with E-state index in [0.29, 0.717) is 29.9 Å². The van der Waals surface area contributed by atoms with Gasteiger partial charge >= 0.3 is 0 Å². The molecular weight excluding hydrogens is 376 g/mol. The lowest BCUT2D eigenvalue weighted by Gasteiger charge is -2.43. The van der Waals surface area contributed by atoms with E-state index in [-0.39, 0.29) is 12.0 Å². The summed E-state index contributed by atoms with van der Waals surface area (Å²) in [5, 5.41) is 10.5. The average molecular weight is 401 g/mol. The zero-order chi connectivity index (χ0) is 19.9. The molecule has 0 radical (unpaired) electrons. The van der Waals surface area contributed by atoms with E-state index in [0.717, 1.165) is 46.5 Å². The summed E-state index contributed by atoms with van der Waals surface area (Å²) in [6.45, 7) is 4.20. The Kier molecular flexibility index (Phi) is 4.89. The van der Waals surface area contributed by atoms with Gasteiger partial charge in [-0.3, -0.25) is 4.79 Å². The van der Waals surface area contributed by atoms with Crippen LogP contribution in [0.15, 0.2) is 22.1 Å². The van der Waals surface area contributed by atoms with Gasteiger partial charge in [-0.25, -0.2) is 4.98 Å². The van der Waals surface area contributed by atoms with E-state index >= 15 is 0 Å². The number of carbonyl (C=O) groups excluding carboxylic acids is 1. The first-order chi connectivity index (χ1) is 13.5. The Bertz CT molecular complexity index is 1030. The third kappa shape index (κ3) is 2.99. The molecule has 2 aromatic heterocycles. The Balaban J connectivity index is 1.89. The average Bonchev–Trinajstić information content (AvgIpc) is 3.18. The number of carbonyl (C=O) groups is 1. The molecule has 148 valence electrons. The van der Waals surface area contributed by atoms with Crippen LogP contribution in [0, 0.1) is 13.8 Å². The van der Waals surface area contributed by atoms with Gasteiger partial charge in [0.2, 0.25) is 0 Å². The van der Waals surface area contributed by atoms with Crippen LogP contribution in [0.25, 0.3) is 11.0 Å². The molecule has 1 amide bonds. The predicted molar refractivity (Wildman–Crippen MR) is 108 cm³/mol. The number of thiazole rings is 1. The number of nitrogens with two attached hydrogens (primary N) is 1. The molecule has 0 atom stereocenters. The standard InChI is InChI=1S/C21H24N2O4S/c1-12-16(28-11-23-12)10-26-15-5-4-14-18(17(20(22)25)13(2)27-14)19(15)21(8-9-24)6-3-7-21/h4-5,11,24H,3,6-10H2,1-2H3,(H2,22,25). The Hall–Kier alpha value is -2.38. The fourth-order valence-corrected chi connectivity index (χ4v) is 4.97. The molecule has 1 aliphatic rings. The number of aromatic nitrogens is 1. The number of nitrogens with zero attached hydrogens (tertiary/aromatic N) is 1. The Morgan fingerprint density at radius 1 is 1.39 bits per heavy atom. The fourth-order valence-electron chi connectivity index (χ4n) is 4.28. The van der Waals surface area contributed by atoms with Gasteiger partial charge < -0.3 is 20.0 Å². The van der Waals surface area contributed by atoms with Crippen molar-refractivity contribution in [2.75, 3.05) is 6.61 Å². The summed E-state index contributed by atoms with van der Waals surface area (Å²) >= 11 is 1.56. The maximum absolute atomic E-state index is 12.2. The molecule has 0 bridgehead atoms. The number of aliphatic hydroxyl groups excluding tert-OH is 1. The molecule has 1 fully saturated rings. The van der Waals surface area contributed by atoms with Crippen LogP contribution in [0.3, 0.4) is 0 Å². The summed E-state index contributed by atoms with van der Waals surface area (Å²) in [6, 6.07) is 3.73. The van der Waals surface area contributed by atoms with Crippen LogP contribution in [0.1, 0.15) is 57.9 Å². The predicted octanol–water partition coefficient (Wildman–Crippen LogP) is 3.99. The Labute approximate surface area is 167 Å². The van der Waals surface area contributed by atoms with Gasteiger partial charge in [0.15, 0.2) is 0 Å². The van der Waals surface area contributed by atoms with Gasteiger partial charge in [0, 0.05) is 23.0 Å². The van der Waals surface area contributed by atoms with Crippen molar-refractivity contribution in [1.29, 1.82) is 0 Å². The van der Waals surface area contributed by atoms with Crippen LogP contribution in [0.4, 0.5) is 0 Å². The third-order valence-corrected chi connectivity index (χ3v) is 6.78. The van der Waals surface area contributed by atoms with Crippen molar-refractivity contribution >= 4 is 28.2 Å². The molecule has 3 N–H and O–H groups in total. The first-order valence-electron chi connectivity index (χ1n) is 9.46. The van der Waals surface area contributed by atoms with Crippen LogP contribution in [-0.2, 0) is 12.0 Å². The molecule has 3 aromatic rings. The lowest BCUT2D eigenvalue weighted by atomic mass is 9.61. The second-order valence-electron chi connectivity index (χ2n) is 7.47. The molecule has 1 saturated carbocycles. The normalized spacial score (nSPS) is 15.5. The van der Waals surface area contributed by atoms with Crippen molar-refractivity contribution < 1.29 is 19.1 Å². The topological polar surface area (TPSA) is 98.6 Å². The highest BCUT2D eigenvalue weighted by atomic mass is 32.1. The number of furan rings is 1. The van der Waals surface area contributed by atoms with E-state index in [1.807, 2.05) is 24.6 Å². The minimum Gasteiger partial charge on any atom is -0.488 e. The van der Waals surface area contributed by atoms with Crippen LogP contribution in [0.2, 0.25) is 0 Å². The lowest BCUT2D eigenvalue weighted by molar-refractivity contribution is 0.1000. The molecule has 4 rings (SSSR count). The number of benzene rings is 1. The molecule has 0 aliphatic heterocycles. The zero-order valence-electron chi connectivity index (χ0n) is 16.1. The van der Waals surface area contributed by atoms with Crippen molar-refractivity contribution in [3.8, 4) is 5.75 Å². The number of primary amides is 1. The Morgan fingerprint density at radius 2 is 2.18 bits per heavy atom. The van der Waals surface area contributed by atoms with Crippen molar-refractivity contribution in [2.45, 2.75) is 51.6 Å². The van der Waals surface area contributed by atoms with Crippen LogP contribution < -0.4 is 10.5 Å². The smallest absolute Gasteiger partial charge is 0.252 e. The molecular formula is C21H24N2O4S. The van der Waals surface area contributed by atoms with Gasteiger partial charge in [-0.2, -0.15) is 0 Å². The number of rotatable bonds is 7. The number of fused-ring (bicyclic) bond motifs is 1. The molecule has 6 nitrogen and oxygen atoms in total. The van der Waals surface area contributed by atoms with E-state index in [2.05, 4.69) is 4.98 Å². The summed E-state index contributed by atoms with van der Waals surface area (Å²) in [5.41, 5.74) is 10.2. The summed E-state index contributed by atoms with van der Waals surface area (Å²) in [6.07, 6.45) is 3.56. The van der Waals surface area contributed by atoms with Gasteiger partial charge in [0.05, 0.1) is 21.6 Å². The van der Waals surface area contributed by atoms with E-state index in [9.17, 15) is 9.90 Å². The molecule has 28 heavy (non-hydrogen) atoms. The van der Waals surface area contributed by atoms with Crippen LogP contribution >= 0.6 is 11.3 Å². The number of hydrogen-bond donors (Lipinski definition) is 2. The first kappa shape index (κ1) is 19.0. The van der Waals surface area contributed by atoms with E-state index in [4.69, 9.17) is 14.9 Å². The number of ether oxygens (including phenoxy) is 1. The summed E-state index contributed by atoms with van der Waals surface area (Å²) in [4.78, 5) is 17.5. The number of hydrogen-bond acceptors (Lipinski definition) is 6. The zero-order valence-corrected chi connectivity index (χ0v) is 16.9. The maximum Gasteiger partial charge on any atom is 0.252 e. The van der Waals surface area contributed by atoms with E-state index in [1.165, 1.54) is 0 Å². The maximum atomic E-state index is 12.2. The lowest BCUT2D eigenvalue weighted by Crippen LogP contribution is -2.36. The SMILES string of the molecule is Cc1ncsc1COc1ccc2oc(C)c(C(N)=O)c2c1C1(CCO)CCC1. The van der Waals surface area contributed by atoms with Gasteiger partial charge in [-0.15, -0.1) is 11.3 Å². The van der Waals surface area contributed by atoms with Crippen molar-refractivity contribution in [2.24, 2.45) is 5.73 Å². The highest BCUT2D eigenvalue weighted by molar-refractivity contribution is 7.09.